The quantitative estimate of drug-likeness (QED) is 0.408. The molecule has 4 unspecified atom stereocenters. The molecule has 1 aliphatic rings. The van der Waals surface area contributed by atoms with Crippen LogP contribution in [0.25, 0.3) is 11.0 Å². The number of nitrogens with zero attached hydrogens (tertiary/aromatic N) is 3. The number of aromatic nitrogens is 3. The Kier molecular flexibility index (Phi) is 5.80. The second-order valence-electron chi connectivity index (χ2n) is 6.14. The van der Waals surface area contributed by atoms with E-state index in [9.17, 15) is 14.4 Å². The van der Waals surface area contributed by atoms with Gasteiger partial charge in [0.25, 0.3) is 0 Å². The molecular formula is C17H18ClN3O7. The Balaban J connectivity index is 2.01. The minimum absolute atomic E-state index is 0.184. The van der Waals surface area contributed by atoms with E-state index in [0.29, 0.717) is 11.0 Å². The fraction of sp³-hybridized carbons (Fsp3) is 0.471. The summed E-state index contributed by atoms with van der Waals surface area (Å²) in [5.74, 6) is -1.71. The zero-order valence-electron chi connectivity index (χ0n) is 15.3. The van der Waals surface area contributed by atoms with Gasteiger partial charge in [0, 0.05) is 27.0 Å². The van der Waals surface area contributed by atoms with Crippen LogP contribution in [0.5, 0.6) is 0 Å². The molecule has 3 rings (SSSR count). The Morgan fingerprint density at radius 2 is 1.79 bits per heavy atom. The maximum Gasteiger partial charge on any atom is 0.303 e. The summed E-state index contributed by atoms with van der Waals surface area (Å²) in [6.07, 6.45) is -0.788. The molecule has 2 aromatic rings. The second-order valence-corrected chi connectivity index (χ2v) is 6.50. The lowest BCUT2D eigenvalue weighted by Gasteiger charge is -2.24. The van der Waals surface area contributed by atoms with E-state index in [1.165, 1.54) is 27.1 Å². The third-order valence-corrected chi connectivity index (χ3v) is 4.38. The number of esters is 3. The largest absolute Gasteiger partial charge is 0.463 e. The van der Waals surface area contributed by atoms with Gasteiger partial charge < -0.3 is 23.5 Å². The van der Waals surface area contributed by atoms with E-state index < -0.39 is 42.4 Å². The summed E-state index contributed by atoms with van der Waals surface area (Å²) in [6.45, 7) is 3.51. The predicted molar refractivity (Wildman–Crippen MR) is 94.2 cm³/mol. The highest BCUT2D eigenvalue weighted by Crippen LogP contribution is 2.36. The third kappa shape index (κ3) is 4.07. The van der Waals surface area contributed by atoms with E-state index >= 15 is 0 Å². The third-order valence-electron chi connectivity index (χ3n) is 4.08. The topological polar surface area (TPSA) is 119 Å². The molecule has 1 saturated heterocycles. The van der Waals surface area contributed by atoms with Gasteiger partial charge in [-0.3, -0.25) is 14.4 Å². The lowest BCUT2D eigenvalue weighted by Crippen LogP contribution is -2.40. The van der Waals surface area contributed by atoms with E-state index in [4.69, 9.17) is 30.5 Å². The molecule has 1 fully saturated rings. The first-order chi connectivity index (χ1) is 13.3. The van der Waals surface area contributed by atoms with Crippen molar-refractivity contribution in [3.05, 3.63) is 23.7 Å². The first kappa shape index (κ1) is 20.0. The highest BCUT2D eigenvalue weighted by atomic mass is 35.5. The van der Waals surface area contributed by atoms with E-state index in [1.54, 1.807) is 16.8 Å². The van der Waals surface area contributed by atoms with E-state index in [-0.39, 0.29) is 11.8 Å². The molecule has 4 atom stereocenters. The maximum atomic E-state index is 11.7. The molecule has 28 heavy (non-hydrogen) atoms. The van der Waals surface area contributed by atoms with Crippen LogP contribution in [-0.2, 0) is 33.3 Å². The number of carbonyl (C=O) groups excluding carboxylic acids is 3. The lowest BCUT2D eigenvalue weighted by atomic mass is 10.1. The highest BCUT2D eigenvalue weighted by Gasteiger charge is 2.50. The Labute approximate surface area is 164 Å². The van der Waals surface area contributed by atoms with E-state index in [0.717, 1.165) is 0 Å². The molecule has 11 heteroatoms. The van der Waals surface area contributed by atoms with Crippen LogP contribution in [-0.4, -0.2) is 57.4 Å². The zero-order valence-corrected chi connectivity index (χ0v) is 16.1. The molecule has 0 bridgehead atoms. The lowest BCUT2D eigenvalue weighted by molar-refractivity contribution is -0.166. The molecule has 0 aromatic carbocycles. The summed E-state index contributed by atoms with van der Waals surface area (Å²) in [5.41, 5.74) is 0.442. The number of hydrogen-bond acceptors (Lipinski definition) is 9. The molecule has 0 aliphatic carbocycles. The summed E-state index contributed by atoms with van der Waals surface area (Å²) >= 11 is 6.09. The van der Waals surface area contributed by atoms with Crippen LogP contribution in [0.4, 0.5) is 0 Å². The van der Waals surface area contributed by atoms with E-state index in [2.05, 4.69) is 9.97 Å². The molecular weight excluding hydrogens is 394 g/mol. The molecule has 0 spiro atoms. The molecule has 2 aromatic heterocycles. The normalized spacial score (nSPS) is 24.1. The van der Waals surface area contributed by atoms with Crippen molar-refractivity contribution >= 4 is 40.5 Å². The Morgan fingerprint density at radius 1 is 1.11 bits per heavy atom. The summed E-state index contributed by atoms with van der Waals surface area (Å²) < 4.78 is 23.3. The Morgan fingerprint density at radius 3 is 2.43 bits per heavy atom. The molecule has 0 N–H and O–H groups in total. The second kappa shape index (κ2) is 8.11. The van der Waals surface area contributed by atoms with Gasteiger partial charge in [0.05, 0.1) is 5.39 Å². The van der Waals surface area contributed by atoms with Gasteiger partial charge in [-0.25, -0.2) is 9.97 Å². The molecule has 3 heterocycles. The van der Waals surface area contributed by atoms with Crippen LogP contribution in [0.1, 0.15) is 27.0 Å². The Bertz CT molecular complexity index is 915. The van der Waals surface area contributed by atoms with Crippen LogP contribution >= 0.6 is 11.6 Å². The fourth-order valence-corrected chi connectivity index (χ4v) is 3.25. The Hall–Kier alpha value is -2.72. The number of ether oxygens (including phenoxy) is 4. The van der Waals surface area contributed by atoms with Gasteiger partial charge in [0.15, 0.2) is 18.4 Å². The first-order valence-electron chi connectivity index (χ1n) is 8.38. The molecule has 10 nitrogen and oxygen atoms in total. The van der Waals surface area contributed by atoms with Gasteiger partial charge >= 0.3 is 17.9 Å². The van der Waals surface area contributed by atoms with Gasteiger partial charge in [0.1, 0.15) is 29.8 Å². The first-order valence-corrected chi connectivity index (χ1v) is 8.76. The summed E-state index contributed by atoms with van der Waals surface area (Å²) in [6, 6.07) is 1.69. The average Bonchev–Trinajstić information content (AvgIpc) is 3.16. The number of carbonyl (C=O) groups is 3. The number of hydrogen-bond donors (Lipinski definition) is 0. The van der Waals surface area contributed by atoms with Crippen molar-refractivity contribution in [3.63, 3.8) is 0 Å². The standard InChI is InChI=1S/C17H18ClN3O7/c1-8(22)25-6-12-13(26-9(2)23)14(27-10(3)24)17(28-12)21-5-4-11-15(18)19-7-20-16(11)21/h4-5,7,12-14,17H,6H2,1-3H3. The van der Waals surface area contributed by atoms with Crippen molar-refractivity contribution in [1.29, 1.82) is 0 Å². The van der Waals surface area contributed by atoms with Crippen LogP contribution in [0.2, 0.25) is 5.15 Å². The van der Waals surface area contributed by atoms with Crippen molar-refractivity contribution < 1.29 is 33.3 Å². The molecule has 150 valence electrons. The average molecular weight is 412 g/mol. The van der Waals surface area contributed by atoms with Gasteiger partial charge in [-0.15, -0.1) is 0 Å². The van der Waals surface area contributed by atoms with Crippen LogP contribution in [0.15, 0.2) is 18.6 Å². The monoisotopic (exact) mass is 411 g/mol. The van der Waals surface area contributed by atoms with Crippen molar-refractivity contribution in [1.82, 2.24) is 14.5 Å². The van der Waals surface area contributed by atoms with Crippen LogP contribution < -0.4 is 0 Å². The van der Waals surface area contributed by atoms with E-state index in [1.807, 2.05) is 0 Å². The van der Waals surface area contributed by atoms with Crippen LogP contribution in [0, 0.1) is 0 Å². The molecule has 0 radical (unpaired) electrons. The predicted octanol–water partition coefficient (Wildman–Crippen LogP) is 1.41. The SMILES string of the molecule is CC(=O)OCC1OC(n2ccc3c(Cl)ncnc32)C(OC(C)=O)C1OC(C)=O. The zero-order chi connectivity index (χ0) is 20.4. The minimum atomic E-state index is -0.994. The van der Waals surface area contributed by atoms with Crippen LogP contribution in [0.3, 0.4) is 0 Å². The van der Waals surface area contributed by atoms with Gasteiger partial charge in [-0.1, -0.05) is 11.6 Å². The van der Waals surface area contributed by atoms with Gasteiger partial charge in [-0.05, 0) is 6.07 Å². The number of rotatable bonds is 5. The fourth-order valence-electron chi connectivity index (χ4n) is 3.06. The summed E-state index contributed by atoms with van der Waals surface area (Å²) in [4.78, 5) is 42.6. The molecule has 1 aliphatic heterocycles. The molecule has 0 amide bonds. The van der Waals surface area contributed by atoms with Gasteiger partial charge in [-0.2, -0.15) is 0 Å². The summed E-state index contributed by atoms with van der Waals surface area (Å²) in [5, 5.41) is 0.820. The smallest absolute Gasteiger partial charge is 0.303 e. The van der Waals surface area contributed by atoms with Crippen molar-refractivity contribution in [2.75, 3.05) is 6.61 Å². The van der Waals surface area contributed by atoms with Gasteiger partial charge in [0.2, 0.25) is 0 Å². The minimum Gasteiger partial charge on any atom is -0.463 e. The number of halogens is 1. The maximum absolute atomic E-state index is 11.7. The van der Waals surface area contributed by atoms with Crippen molar-refractivity contribution in [2.24, 2.45) is 0 Å². The molecule has 0 saturated carbocycles. The van der Waals surface area contributed by atoms with Crippen molar-refractivity contribution in [3.8, 4) is 0 Å². The number of fused-ring (bicyclic) bond motifs is 1. The summed E-state index contributed by atoms with van der Waals surface area (Å²) in [7, 11) is 0. The highest BCUT2D eigenvalue weighted by molar-refractivity contribution is 6.33. The van der Waals surface area contributed by atoms with Crippen molar-refractivity contribution in [2.45, 2.75) is 45.3 Å².